The number of hydrogen-bond donors (Lipinski definition) is 1. The van der Waals surface area contributed by atoms with Gasteiger partial charge in [0.25, 0.3) is 0 Å². The van der Waals surface area contributed by atoms with E-state index in [1.165, 1.54) is 0 Å². The Kier molecular flexibility index (Phi) is 5.29. The molecule has 7 nitrogen and oxygen atoms in total. The first-order valence-electron chi connectivity index (χ1n) is 8.40. The molecule has 2 aromatic heterocycles. The van der Waals surface area contributed by atoms with Crippen LogP contribution in [0.2, 0.25) is 0 Å². The van der Waals surface area contributed by atoms with Crippen LogP contribution in [0.5, 0.6) is 11.6 Å². The van der Waals surface area contributed by atoms with Crippen molar-refractivity contribution in [2.24, 2.45) is 5.73 Å². The van der Waals surface area contributed by atoms with Gasteiger partial charge in [-0.15, -0.1) is 0 Å². The lowest BCUT2D eigenvalue weighted by atomic mass is 10.1. The van der Waals surface area contributed by atoms with Crippen LogP contribution in [0.1, 0.15) is 17.0 Å². The highest BCUT2D eigenvalue weighted by Crippen LogP contribution is 2.33. The van der Waals surface area contributed by atoms with Gasteiger partial charge in [0, 0.05) is 38.5 Å². The van der Waals surface area contributed by atoms with Crippen molar-refractivity contribution in [3.63, 3.8) is 0 Å². The van der Waals surface area contributed by atoms with Crippen molar-refractivity contribution in [3.05, 3.63) is 59.5 Å². The number of rotatable bonds is 5. The van der Waals surface area contributed by atoms with Crippen LogP contribution in [0.3, 0.4) is 0 Å². The molecule has 0 unspecified atom stereocenters. The van der Waals surface area contributed by atoms with Crippen LogP contribution in [0, 0.1) is 18.3 Å². The molecule has 2 N–H and O–H groups in total. The Bertz CT molecular complexity index is 992. The summed E-state index contributed by atoms with van der Waals surface area (Å²) < 4.78 is 6.04. The Balaban J connectivity index is 2.04. The molecule has 3 aromatic rings. The molecular weight excluding hydrogens is 340 g/mol. The standard InChI is InChI=1S/C20H20N6O/c1-13-24-19(26(2)3)9-20(25-13)27-18-8-14(10-21)4-6-16(18)17-7-5-15(11-22)12-23-17/h4-9,12H,11,22H2,1-3H3. The number of nitrogens with zero attached hydrogens (tertiary/aromatic N) is 5. The zero-order chi connectivity index (χ0) is 19.4. The van der Waals surface area contributed by atoms with Crippen molar-refractivity contribution >= 4 is 5.82 Å². The zero-order valence-corrected chi connectivity index (χ0v) is 15.5. The van der Waals surface area contributed by atoms with Crippen LogP contribution in [0.15, 0.2) is 42.6 Å². The van der Waals surface area contributed by atoms with E-state index in [-0.39, 0.29) is 0 Å². The number of nitriles is 1. The van der Waals surface area contributed by atoms with Crippen molar-refractivity contribution in [1.82, 2.24) is 15.0 Å². The Morgan fingerprint density at radius 2 is 1.96 bits per heavy atom. The molecule has 136 valence electrons. The number of anilines is 1. The van der Waals surface area contributed by atoms with Gasteiger partial charge in [0.2, 0.25) is 5.88 Å². The number of pyridine rings is 1. The quantitative estimate of drug-likeness (QED) is 0.746. The van der Waals surface area contributed by atoms with Crippen molar-refractivity contribution in [2.75, 3.05) is 19.0 Å². The van der Waals surface area contributed by atoms with Gasteiger partial charge in [0.1, 0.15) is 17.4 Å². The fourth-order valence-electron chi connectivity index (χ4n) is 2.51. The van der Waals surface area contributed by atoms with Crippen molar-refractivity contribution in [2.45, 2.75) is 13.5 Å². The molecule has 0 aliphatic heterocycles. The second kappa shape index (κ2) is 7.81. The SMILES string of the molecule is Cc1nc(Oc2cc(C#N)ccc2-c2ccc(CN)cn2)cc(N(C)C)n1. The van der Waals surface area contributed by atoms with E-state index < -0.39 is 0 Å². The number of aromatic nitrogens is 3. The van der Waals surface area contributed by atoms with E-state index in [4.69, 9.17) is 10.5 Å². The third kappa shape index (κ3) is 4.19. The predicted octanol–water partition coefficient (Wildman–Crippen LogP) is 3.04. The summed E-state index contributed by atoms with van der Waals surface area (Å²) in [5, 5.41) is 9.25. The first-order valence-corrected chi connectivity index (χ1v) is 8.40. The van der Waals surface area contributed by atoms with E-state index in [1.54, 1.807) is 31.3 Å². The Labute approximate surface area is 158 Å². The third-order valence-electron chi connectivity index (χ3n) is 3.92. The molecule has 0 aliphatic carbocycles. The highest BCUT2D eigenvalue weighted by atomic mass is 16.5. The van der Waals surface area contributed by atoms with Gasteiger partial charge < -0.3 is 15.4 Å². The molecule has 0 saturated heterocycles. The lowest BCUT2D eigenvalue weighted by molar-refractivity contribution is 0.461. The van der Waals surface area contributed by atoms with E-state index in [1.807, 2.05) is 37.2 Å². The van der Waals surface area contributed by atoms with Gasteiger partial charge in [-0.1, -0.05) is 6.07 Å². The van der Waals surface area contributed by atoms with Crippen LogP contribution in [-0.4, -0.2) is 29.0 Å². The van der Waals surface area contributed by atoms with E-state index in [9.17, 15) is 5.26 Å². The summed E-state index contributed by atoms with van der Waals surface area (Å²) in [5.41, 5.74) is 8.57. The van der Waals surface area contributed by atoms with E-state index in [0.717, 1.165) is 22.6 Å². The van der Waals surface area contributed by atoms with E-state index in [2.05, 4.69) is 21.0 Å². The van der Waals surface area contributed by atoms with Crippen LogP contribution < -0.4 is 15.4 Å². The normalized spacial score (nSPS) is 10.3. The minimum absolute atomic E-state index is 0.404. The summed E-state index contributed by atoms with van der Waals surface area (Å²) in [6.07, 6.45) is 1.73. The molecule has 0 fully saturated rings. The maximum absolute atomic E-state index is 9.25. The highest BCUT2D eigenvalue weighted by molar-refractivity contribution is 5.69. The fraction of sp³-hybridized carbons (Fsp3) is 0.200. The summed E-state index contributed by atoms with van der Waals surface area (Å²) >= 11 is 0. The second-order valence-corrected chi connectivity index (χ2v) is 6.19. The second-order valence-electron chi connectivity index (χ2n) is 6.19. The number of ether oxygens (including phenoxy) is 1. The molecule has 7 heteroatoms. The largest absolute Gasteiger partial charge is 0.438 e. The number of benzene rings is 1. The minimum Gasteiger partial charge on any atom is -0.438 e. The molecule has 0 atom stereocenters. The number of aryl methyl sites for hydroxylation is 1. The number of nitrogens with two attached hydrogens (primary N) is 1. The third-order valence-corrected chi connectivity index (χ3v) is 3.92. The zero-order valence-electron chi connectivity index (χ0n) is 15.5. The van der Waals surface area contributed by atoms with Gasteiger partial charge >= 0.3 is 0 Å². The van der Waals surface area contributed by atoms with Gasteiger partial charge in [0.15, 0.2) is 0 Å². The minimum atomic E-state index is 0.404. The summed E-state index contributed by atoms with van der Waals surface area (Å²) in [7, 11) is 3.80. The topological polar surface area (TPSA) is 101 Å². The predicted molar refractivity (Wildman–Crippen MR) is 103 cm³/mol. The molecule has 27 heavy (non-hydrogen) atoms. The molecule has 0 amide bonds. The molecular formula is C20H20N6O. The lowest BCUT2D eigenvalue weighted by Crippen LogP contribution is -2.12. The molecule has 1 aromatic carbocycles. The summed E-state index contributed by atoms with van der Waals surface area (Å²) in [5.74, 6) is 2.24. The van der Waals surface area contributed by atoms with Crippen LogP contribution >= 0.6 is 0 Å². The molecule has 0 aliphatic rings. The fourth-order valence-corrected chi connectivity index (χ4v) is 2.51. The van der Waals surface area contributed by atoms with Crippen molar-refractivity contribution in [3.8, 4) is 29.0 Å². The maximum atomic E-state index is 9.25. The Morgan fingerprint density at radius 3 is 2.59 bits per heavy atom. The van der Waals surface area contributed by atoms with Crippen LogP contribution in [0.4, 0.5) is 5.82 Å². The van der Waals surface area contributed by atoms with Crippen molar-refractivity contribution in [1.29, 1.82) is 5.26 Å². The smallest absolute Gasteiger partial charge is 0.224 e. The molecule has 0 saturated carbocycles. The number of hydrogen-bond acceptors (Lipinski definition) is 7. The van der Waals surface area contributed by atoms with Gasteiger partial charge in [0.05, 0.1) is 17.3 Å². The van der Waals surface area contributed by atoms with Gasteiger partial charge in [-0.2, -0.15) is 10.2 Å². The summed E-state index contributed by atoms with van der Waals surface area (Å²) in [6, 6.07) is 12.9. The van der Waals surface area contributed by atoms with Crippen LogP contribution in [-0.2, 0) is 6.54 Å². The summed E-state index contributed by atoms with van der Waals surface area (Å²) in [4.78, 5) is 15.0. The molecule has 2 heterocycles. The average Bonchev–Trinajstić information content (AvgIpc) is 2.67. The molecule has 3 rings (SSSR count). The Hall–Kier alpha value is -3.50. The first kappa shape index (κ1) is 18.3. The van der Waals surface area contributed by atoms with E-state index >= 15 is 0 Å². The van der Waals surface area contributed by atoms with E-state index in [0.29, 0.717) is 29.6 Å². The van der Waals surface area contributed by atoms with Crippen LogP contribution in [0.25, 0.3) is 11.3 Å². The monoisotopic (exact) mass is 360 g/mol. The lowest BCUT2D eigenvalue weighted by Gasteiger charge is -2.15. The van der Waals surface area contributed by atoms with Gasteiger partial charge in [-0.25, -0.2) is 4.98 Å². The van der Waals surface area contributed by atoms with Gasteiger partial charge in [-0.3, -0.25) is 4.98 Å². The Morgan fingerprint density at radius 1 is 1.15 bits per heavy atom. The maximum Gasteiger partial charge on any atom is 0.224 e. The average molecular weight is 360 g/mol. The van der Waals surface area contributed by atoms with Gasteiger partial charge in [-0.05, 0) is 36.8 Å². The summed E-state index contributed by atoms with van der Waals surface area (Å²) in [6.45, 7) is 2.23. The first-order chi connectivity index (χ1) is 13.0. The van der Waals surface area contributed by atoms with Crippen molar-refractivity contribution < 1.29 is 4.74 Å². The molecule has 0 radical (unpaired) electrons. The molecule has 0 bridgehead atoms. The molecule has 0 spiro atoms. The highest BCUT2D eigenvalue weighted by Gasteiger charge is 2.13.